The van der Waals surface area contributed by atoms with Crippen LogP contribution in [0.3, 0.4) is 0 Å². The number of rotatable bonds is 5. The first-order chi connectivity index (χ1) is 13.1. The average molecular weight is 406 g/mol. The summed E-state index contributed by atoms with van der Waals surface area (Å²) in [7, 11) is 0. The molecule has 0 N–H and O–H groups in total. The maximum Gasteiger partial charge on any atom is 0.277 e. The Balaban J connectivity index is 1.38. The third kappa shape index (κ3) is 4.24. The van der Waals surface area contributed by atoms with Gasteiger partial charge in [-0.1, -0.05) is 25.6 Å². The highest BCUT2D eigenvalue weighted by atomic mass is 32.2. The van der Waals surface area contributed by atoms with Crippen LogP contribution in [0.25, 0.3) is 10.8 Å². The monoisotopic (exact) mass is 405 g/mol. The van der Waals surface area contributed by atoms with Crippen molar-refractivity contribution >= 4 is 29.0 Å². The van der Waals surface area contributed by atoms with Crippen LogP contribution in [0.1, 0.15) is 56.4 Å². The molecule has 27 heavy (non-hydrogen) atoms. The first-order valence-corrected chi connectivity index (χ1v) is 11.8. The zero-order valence-corrected chi connectivity index (χ0v) is 17.7. The average Bonchev–Trinajstić information content (AvgIpc) is 3.32. The van der Waals surface area contributed by atoms with Gasteiger partial charge < -0.3 is 9.32 Å². The molecule has 2 aromatic rings. The van der Waals surface area contributed by atoms with Crippen LogP contribution in [-0.4, -0.2) is 39.3 Å². The molecule has 0 radical (unpaired) electrons. The van der Waals surface area contributed by atoms with E-state index >= 15 is 0 Å². The van der Waals surface area contributed by atoms with Crippen LogP contribution < -0.4 is 0 Å². The maximum atomic E-state index is 12.6. The van der Waals surface area contributed by atoms with Crippen LogP contribution in [0, 0.1) is 5.92 Å². The molecule has 1 aliphatic carbocycles. The second-order valence-electron chi connectivity index (χ2n) is 7.71. The molecular formula is C20H27N3O2S2. The van der Waals surface area contributed by atoms with Crippen molar-refractivity contribution in [3.8, 4) is 10.8 Å². The van der Waals surface area contributed by atoms with Gasteiger partial charge in [-0.25, -0.2) is 0 Å². The first kappa shape index (κ1) is 19.0. The van der Waals surface area contributed by atoms with Gasteiger partial charge in [-0.2, -0.15) is 0 Å². The minimum absolute atomic E-state index is 0.187. The molecule has 0 unspecified atom stereocenters. The molecule has 146 valence electrons. The van der Waals surface area contributed by atoms with E-state index in [1.54, 1.807) is 11.3 Å². The molecule has 4 rings (SSSR count). The van der Waals surface area contributed by atoms with Gasteiger partial charge in [0.15, 0.2) is 0 Å². The number of nitrogens with zero attached hydrogens (tertiary/aromatic N) is 3. The van der Waals surface area contributed by atoms with E-state index in [9.17, 15) is 4.79 Å². The summed E-state index contributed by atoms with van der Waals surface area (Å²) in [4.78, 5) is 17.2. The van der Waals surface area contributed by atoms with Crippen LogP contribution in [0.15, 0.2) is 15.7 Å². The standard InChI is InChI=1S/C20H27N3O2S2/c1-3-15-6-4-5-9-23(15)18(24)12-26-20-22-21-19(25-20)17-11-14-10-13(2)7-8-16(14)27-17/h11,13,15H,3-10,12H2,1-2H3/t13-,15+/m1/s1. The normalized spacial score (nSPS) is 22.7. The molecule has 3 heterocycles. The SMILES string of the molecule is CC[C@H]1CCCCN1C(=O)CSc1nnc(-c2cc3c(s2)CC[C@@H](C)C3)o1. The zero-order valence-electron chi connectivity index (χ0n) is 16.1. The summed E-state index contributed by atoms with van der Waals surface area (Å²) in [6, 6.07) is 2.60. The number of likely N-dealkylation sites (tertiary alicyclic amines) is 1. The smallest absolute Gasteiger partial charge is 0.277 e. The highest BCUT2D eigenvalue weighted by molar-refractivity contribution is 7.99. The van der Waals surface area contributed by atoms with Gasteiger partial charge in [0.1, 0.15) is 0 Å². The summed E-state index contributed by atoms with van der Waals surface area (Å²) in [6.45, 7) is 5.35. The predicted molar refractivity (Wildman–Crippen MR) is 109 cm³/mol. The predicted octanol–water partition coefficient (Wildman–Crippen LogP) is 4.81. The third-order valence-corrected chi connectivity index (χ3v) is 7.71. The molecule has 1 amide bonds. The van der Waals surface area contributed by atoms with E-state index in [1.807, 2.05) is 4.90 Å². The number of hydrogen-bond donors (Lipinski definition) is 0. The summed E-state index contributed by atoms with van der Waals surface area (Å²) in [5.74, 6) is 1.89. The van der Waals surface area contributed by atoms with Crippen LogP contribution in [0.2, 0.25) is 0 Å². The fourth-order valence-electron chi connectivity index (χ4n) is 4.14. The van der Waals surface area contributed by atoms with Crippen LogP contribution in [0.5, 0.6) is 0 Å². The Bertz CT molecular complexity index is 801. The number of thioether (sulfide) groups is 1. The van der Waals surface area contributed by atoms with E-state index in [0.717, 1.165) is 49.4 Å². The number of carbonyl (C=O) groups excluding carboxylic acids is 1. The number of amides is 1. The van der Waals surface area contributed by atoms with Gasteiger partial charge in [0.05, 0.1) is 10.6 Å². The lowest BCUT2D eigenvalue weighted by molar-refractivity contribution is -0.132. The van der Waals surface area contributed by atoms with E-state index in [0.29, 0.717) is 22.9 Å². The van der Waals surface area contributed by atoms with Crippen LogP contribution in [0.4, 0.5) is 0 Å². The molecule has 0 saturated carbocycles. The van der Waals surface area contributed by atoms with E-state index < -0.39 is 0 Å². The summed E-state index contributed by atoms with van der Waals surface area (Å²) >= 11 is 3.13. The van der Waals surface area contributed by atoms with Crippen molar-refractivity contribution in [1.82, 2.24) is 15.1 Å². The van der Waals surface area contributed by atoms with Crippen molar-refractivity contribution in [2.24, 2.45) is 5.92 Å². The Morgan fingerprint density at radius 1 is 1.37 bits per heavy atom. The van der Waals surface area contributed by atoms with Crippen molar-refractivity contribution in [2.75, 3.05) is 12.3 Å². The number of fused-ring (bicyclic) bond motifs is 1. The van der Waals surface area contributed by atoms with Crippen LogP contribution >= 0.6 is 23.1 Å². The zero-order chi connectivity index (χ0) is 18.8. The van der Waals surface area contributed by atoms with Crippen molar-refractivity contribution in [3.05, 3.63) is 16.5 Å². The Kier molecular flexibility index (Phi) is 5.88. The maximum absolute atomic E-state index is 12.6. The molecule has 0 aromatic carbocycles. The van der Waals surface area contributed by atoms with Gasteiger partial charge in [-0.3, -0.25) is 4.79 Å². The quantitative estimate of drug-likeness (QED) is 0.668. The largest absolute Gasteiger partial charge is 0.410 e. The fourth-order valence-corrected chi connectivity index (χ4v) is 5.92. The molecule has 1 fully saturated rings. The fraction of sp³-hybridized carbons (Fsp3) is 0.650. The summed E-state index contributed by atoms with van der Waals surface area (Å²) in [6.07, 6.45) is 8.05. The molecule has 0 spiro atoms. The van der Waals surface area contributed by atoms with Crippen molar-refractivity contribution in [1.29, 1.82) is 0 Å². The van der Waals surface area contributed by atoms with E-state index in [2.05, 4.69) is 30.1 Å². The molecule has 1 saturated heterocycles. The van der Waals surface area contributed by atoms with Gasteiger partial charge in [-0.15, -0.1) is 21.5 Å². The van der Waals surface area contributed by atoms with E-state index in [4.69, 9.17) is 4.42 Å². The molecule has 2 atom stereocenters. The number of piperidine rings is 1. The van der Waals surface area contributed by atoms with E-state index in [1.165, 1.54) is 35.0 Å². The number of carbonyl (C=O) groups is 1. The van der Waals surface area contributed by atoms with Gasteiger partial charge >= 0.3 is 0 Å². The molecule has 2 aromatic heterocycles. The minimum atomic E-state index is 0.187. The van der Waals surface area contributed by atoms with Gasteiger partial charge in [0.25, 0.3) is 11.1 Å². The number of hydrogen-bond acceptors (Lipinski definition) is 6. The molecule has 7 heteroatoms. The van der Waals surface area contributed by atoms with Gasteiger partial charge in [0, 0.05) is 17.5 Å². The summed E-state index contributed by atoms with van der Waals surface area (Å²) in [5.41, 5.74) is 1.44. The Morgan fingerprint density at radius 3 is 3.11 bits per heavy atom. The lowest BCUT2D eigenvalue weighted by Crippen LogP contribution is -2.44. The Labute approximate surface area is 168 Å². The highest BCUT2D eigenvalue weighted by Crippen LogP contribution is 2.37. The second kappa shape index (κ2) is 8.35. The molecule has 1 aliphatic heterocycles. The Hall–Kier alpha value is -1.34. The lowest BCUT2D eigenvalue weighted by Gasteiger charge is -2.35. The molecule has 0 bridgehead atoms. The van der Waals surface area contributed by atoms with Crippen LogP contribution in [-0.2, 0) is 17.6 Å². The third-order valence-electron chi connectivity index (χ3n) is 5.68. The van der Waals surface area contributed by atoms with Crippen molar-refractivity contribution in [3.63, 3.8) is 0 Å². The first-order valence-electron chi connectivity index (χ1n) is 10.0. The lowest BCUT2D eigenvalue weighted by atomic mass is 9.90. The van der Waals surface area contributed by atoms with E-state index in [-0.39, 0.29) is 5.91 Å². The van der Waals surface area contributed by atoms with Crippen molar-refractivity contribution in [2.45, 2.75) is 70.1 Å². The minimum Gasteiger partial charge on any atom is -0.410 e. The molecular weight excluding hydrogens is 378 g/mol. The van der Waals surface area contributed by atoms with Gasteiger partial charge in [-0.05, 0) is 62.5 Å². The van der Waals surface area contributed by atoms with Gasteiger partial charge in [0.2, 0.25) is 5.91 Å². The molecule has 5 nitrogen and oxygen atoms in total. The Morgan fingerprint density at radius 2 is 2.26 bits per heavy atom. The highest BCUT2D eigenvalue weighted by Gasteiger charge is 2.26. The number of aryl methyl sites for hydroxylation is 1. The summed E-state index contributed by atoms with van der Waals surface area (Å²) < 4.78 is 5.85. The second-order valence-corrected chi connectivity index (χ2v) is 9.78. The number of aromatic nitrogens is 2. The van der Waals surface area contributed by atoms with Crippen molar-refractivity contribution < 1.29 is 9.21 Å². The molecule has 2 aliphatic rings. The number of thiophene rings is 1. The summed E-state index contributed by atoms with van der Waals surface area (Å²) in [5, 5.41) is 8.86. The topological polar surface area (TPSA) is 59.2 Å².